The summed E-state index contributed by atoms with van der Waals surface area (Å²) in [4.78, 5) is 12.7. The molecule has 3 nitrogen and oxygen atoms in total. The molecule has 0 atom stereocenters. The van der Waals surface area contributed by atoms with Gasteiger partial charge in [-0.15, -0.1) is 0 Å². The van der Waals surface area contributed by atoms with Crippen molar-refractivity contribution in [3.63, 3.8) is 0 Å². The summed E-state index contributed by atoms with van der Waals surface area (Å²) in [6, 6.07) is 32.0. The van der Waals surface area contributed by atoms with Crippen LogP contribution in [0.2, 0.25) is 0 Å². The van der Waals surface area contributed by atoms with E-state index in [-0.39, 0.29) is 5.54 Å². The molecule has 34 heavy (non-hydrogen) atoms. The van der Waals surface area contributed by atoms with Crippen molar-refractivity contribution in [3.8, 4) is 0 Å². The summed E-state index contributed by atoms with van der Waals surface area (Å²) >= 11 is 0. The Labute approximate surface area is 200 Å². The highest BCUT2D eigenvalue weighted by Gasteiger charge is 2.44. The summed E-state index contributed by atoms with van der Waals surface area (Å²) in [5, 5.41) is 2.45. The minimum absolute atomic E-state index is 0.206. The van der Waals surface area contributed by atoms with Gasteiger partial charge in [-0.3, -0.25) is 0 Å². The Bertz CT molecular complexity index is 1520. The van der Waals surface area contributed by atoms with Crippen molar-refractivity contribution in [2.45, 2.75) is 33.2 Å². The van der Waals surface area contributed by atoms with Crippen molar-refractivity contribution in [2.75, 3.05) is 0 Å². The fourth-order valence-electron chi connectivity index (χ4n) is 4.99. The molecule has 2 aliphatic rings. The van der Waals surface area contributed by atoms with Crippen LogP contribution in [0, 0.1) is 6.92 Å². The number of para-hydroxylation sites is 1. The van der Waals surface area contributed by atoms with Gasteiger partial charge >= 0.3 is 0 Å². The van der Waals surface area contributed by atoms with Gasteiger partial charge in [0.05, 0.1) is 11.4 Å². The normalized spacial score (nSPS) is 16.3. The molecule has 0 fully saturated rings. The third-order valence-corrected chi connectivity index (χ3v) is 6.52. The van der Waals surface area contributed by atoms with E-state index in [1.54, 1.807) is 0 Å². The van der Waals surface area contributed by atoms with Crippen molar-refractivity contribution in [2.24, 2.45) is 9.98 Å². The van der Waals surface area contributed by atoms with Gasteiger partial charge in [0.2, 0.25) is 0 Å². The number of fused-ring (bicyclic) bond motifs is 4. The zero-order valence-corrected chi connectivity index (χ0v) is 20.0. The van der Waals surface area contributed by atoms with Crippen LogP contribution >= 0.6 is 0 Å². The van der Waals surface area contributed by atoms with Crippen LogP contribution in [0.3, 0.4) is 0 Å². The van der Waals surface area contributed by atoms with E-state index >= 15 is 0 Å². The maximum atomic E-state index is 5.27. The molecule has 0 aliphatic carbocycles. The Balaban J connectivity index is 1.71. The maximum absolute atomic E-state index is 5.27. The molecular formula is C31H27N3. The topological polar surface area (TPSA) is 28.0 Å². The number of amidine groups is 2. The number of nitrogens with zero attached hydrogens (tertiary/aromatic N) is 3. The lowest BCUT2D eigenvalue weighted by atomic mass is 9.92. The molecular weight excluding hydrogens is 414 g/mol. The molecule has 2 heterocycles. The smallest absolute Gasteiger partial charge is 0.144 e. The molecule has 4 aromatic carbocycles. The van der Waals surface area contributed by atoms with Crippen LogP contribution < -0.4 is 0 Å². The number of aliphatic imine (C=N–C) groups is 2. The van der Waals surface area contributed by atoms with Crippen LogP contribution in [0.1, 0.15) is 37.5 Å². The van der Waals surface area contributed by atoms with Crippen molar-refractivity contribution in [1.29, 1.82) is 0 Å². The standard InChI is InChI=1S/C31H27N3/c1-20-16-18-22(19-17-20)32-29-27(24-14-9-11-21-10-5-6-12-23(21)24)28-25-13-7-8-15-26(25)33-30(28)34(29)31(2,3)4/h5-19H,1-4H3. The van der Waals surface area contributed by atoms with Gasteiger partial charge in [-0.05, 0) is 62.2 Å². The van der Waals surface area contributed by atoms with Gasteiger partial charge in [-0.25, -0.2) is 9.98 Å². The molecule has 3 heteroatoms. The molecule has 6 rings (SSSR count). The number of hydrogen-bond acceptors (Lipinski definition) is 2. The zero-order chi connectivity index (χ0) is 23.4. The highest BCUT2D eigenvalue weighted by Crippen LogP contribution is 2.48. The van der Waals surface area contributed by atoms with Crippen LogP contribution in [0.5, 0.6) is 0 Å². The molecule has 0 saturated carbocycles. The summed E-state index contributed by atoms with van der Waals surface area (Å²) in [6.07, 6.45) is 0. The summed E-state index contributed by atoms with van der Waals surface area (Å²) < 4.78 is 0. The Morgan fingerprint density at radius 3 is 2.18 bits per heavy atom. The first-order valence-electron chi connectivity index (χ1n) is 11.8. The lowest BCUT2D eigenvalue weighted by Gasteiger charge is -2.34. The molecule has 166 valence electrons. The van der Waals surface area contributed by atoms with Crippen LogP contribution in [0.15, 0.2) is 101 Å². The predicted octanol–water partition coefficient (Wildman–Crippen LogP) is 7.95. The minimum Gasteiger partial charge on any atom is -0.305 e. The van der Waals surface area contributed by atoms with E-state index in [1.807, 2.05) is 0 Å². The molecule has 0 unspecified atom stereocenters. The third-order valence-electron chi connectivity index (χ3n) is 6.52. The van der Waals surface area contributed by atoms with Gasteiger partial charge < -0.3 is 4.90 Å². The van der Waals surface area contributed by atoms with Crippen molar-refractivity contribution in [1.82, 2.24) is 4.90 Å². The van der Waals surface area contributed by atoms with E-state index in [9.17, 15) is 0 Å². The van der Waals surface area contributed by atoms with E-state index in [2.05, 4.69) is 124 Å². The Kier molecular flexibility index (Phi) is 4.56. The van der Waals surface area contributed by atoms with Gasteiger partial charge in [0, 0.05) is 22.2 Å². The van der Waals surface area contributed by atoms with Gasteiger partial charge in [0.15, 0.2) is 0 Å². The zero-order valence-electron chi connectivity index (χ0n) is 20.0. The highest BCUT2D eigenvalue weighted by atomic mass is 15.3. The minimum atomic E-state index is -0.206. The van der Waals surface area contributed by atoms with E-state index in [0.29, 0.717) is 0 Å². The summed E-state index contributed by atoms with van der Waals surface area (Å²) in [5.41, 5.74) is 7.67. The Hall–Kier alpha value is -3.98. The fourth-order valence-corrected chi connectivity index (χ4v) is 4.99. The molecule has 0 N–H and O–H groups in total. The van der Waals surface area contributed by atoms with Crippen LogP contribution in [-0.4, -0.2) is 22.1 Å². The van der Waals surface area contributed by atoms with E-state index in [0.717, 1.165) is 28.6 Å². The van der Waals surface area contributed by atoms with Crippen LogP contribution in [-0.2, 0) is 0 Å². The molecule has 0 spiro atoms. The monoisotopic (exact) mass is 441 g/mol. The molecule has 4 aromatic rings. The second kappa shape index (κ2) is 7.53. The van der Waals surface area contributed by atoms with Gasteiger partial charge in [0.1, 0.15) is 11.7 Å². The number of hydrogen-bond donors (Lipinski definition) is 0. The van der Waals surface area contributed by atoms with E-state index in [1.165, 1.54) is 33.0 Å². The third kappa shape index (κ3) is 3.19. The second-order valence-corrected chi connectivity index (χ2v) is 10.0. The summed E-state index contributed by atoms with van der Waals surface area (Å²) in [7, 11) is 0. The van der Waals surface area contributed by atoms with E-state index in [4.69, 9.17) is 9.98 Å². The van der Waals surface area contributed by atoms with Gasteiger partial charge in [-0.1, -0.05) is 78.4 Å². The fraction of sp³-hybridized carbons (Fsp3) is 0.161. The number of rotatable bonds is 2. The van der Waals surface area contributed by atoms with Gasteiger partial charge in [-0.2, -0.15) is 0 Å². The molecule has 2 aliphatic heterocycles. The first-order chi connectivity index (χ1) is 16.4. The average molecular weight is 442 g/mol. The lowest BCUT2D eigenvalue weighted by Crippen LogP contribution is -2.46. The number of aryl methyl sites for hydroxylation is 1. The van der Waals surface area contributed by atoms with Crippen molar-refractivity contribution < 1.29 is 0 Å². The Morgan fingerprint density at radius 2 is 1.38 bits per heavy atom. The van der Waals surface area contributed by atoms with Crippen molar-refractivity contribution >= 4 is 45.0 Å². The molecule has 0 radical (unpaired) electrons. The highest BCUT2D eigenvalue weighted by molar-refractivity contribution is 6.54. The quantitative estimate of drug-likeness (QED) is 0.310. The van der Waals surface area contributed by atoms with E-state index < -0.39 is 0 Å². The van der Waals surface area contributed by atoms with Crippen molar-refractivity contribution in [3.05, 3.63) is 108 Å². The predicted molar refractivity (Wildman–Crippen MR) is 144 cm³/mol. The maximum Gasteiger partial charge on any atom is 0.144 e. The van der Waals surface area contributed by atoms with Crippen LogP contribution in [0.25, 0.3) is 21.9 Å². The summed E-state index contributed by atoms with van der Waals surface area (Å²) in [6.45, 7) is 8.79. The molecule has 0 bridgehead atoms. The van der Waals surface area contributed by atoms with Crippen LogP contribution in [0.4, 0.5) is 11.4 Å². The summed E-state index contributed by atoms with van der Waals surface area (Å²) in [5.74, 6) is 1.94. The first kappa shape index (κ1) is 20.6. The Morgan fingerprint density at radius 1 is 0.706 bits per heavy atom. The second-order valence-electron chi connectivity index (χ2n) is 10.0. The first-order valence-corrected chi connectivity index (χ1v) is 11.8. The molecule has 0 saturated heterocycles. The largest absolute Gasteiger partial charge is 0.305 e. The lowest BCUT2D eigenvalue weighted by molar-refractivity contribution is 0.350. The molecule has 0 aromatic heterocycles. The SMILES string of the molecule is Cc1ccc(N=C2C(c3cccc4ccccc34)=C3C(=Nc4ccccc43)N2C(C)(C)C)cc1. The molecule has 0 amide bonds. The van der Waals surface area contributed by atoms with Gasteiger partial charge in [0.25, 0.3) is 0 Å². The average Bonchev–Trinajstić information content (AvgIpc) is 3.33. The number of benzene rings is 4.